The van der Waals surface area contributed by atoms with Gasteiger partial charge in [-0.15, -0.1) is 0 Å². The third kappa shape index (κ3) is 3.69. The molecule has 5 heteroatoms. The largest absolute Gasteiger partial charge is 0.490 e. The van der Waals surface area contributed by atoms with Crippen LogP contribution in [0.1, 0.15) is 49.4 Å². The molecule has 0 bridgehead atoms. The Balaban J connectivity index is 1.52. The van der Waals surface area contributed by atoms with E-state index >= 15 is 0 Å². The molecule has 5 nitrogen and oxygen atoms in total. The van der Waals surface area contributed by atoms with Crippen molar-refractivity contribution in [1.82, 2.24) is 20.1 Å². The van der Waals surface area contributed by atoms with Crippen LogP contribution in [0.5, 0.6) is 5.75 Å². The molecule has 1 unspecified atom stereocenters. The number of hydrogen-bond acceptors (Lipinski definition) is 5. The molecule has 3 aliphatic heterocycles. The Hall–Kier alpha value is -1.17. The van der Waals surface area contributed by atoms with Gasteiger partial charge in [0.05, 0.1) is 5.69 Å². The van der Waals surface area contributed by atoms with Crippen molar-refractivity contribution in [1.29, 1.82) is 0 Å². The first-order chi connectivity index (χ1) is 12.2. The van der Waals surface area contributed by atoms with Crippen LogP contribution < -0.4 is 10.1 Å². The Bertz CT molecular complexity index is 585. The zero-order valence-electron chi connectivity index (χ0n) is 15.7. The molecule has 0 saturated carbocycles. The summed E-state index contributed by atoms with van der Waals surface area (Å²) >= 11 is 0. The first-order valence-corrected chi connectivity index (χ1v) is 9.98. The van der Waals surface area contributed by atoms with Gasteiger partial charge in [-0.2, -0.15) is 0 Å². The standard InChI is InChI=1S/C20H32N4O/c1-23(2)13-8-15-3-4-18-20-17(9-14-24(15)18)22-12-7-19(20)25-16-5-10-21-11-6-16/h7,12,15-16,18,21H,3-6,8-11,13-14H2,1-2H3/t15?,18-/m0/s1. The third-order valence-corrected chi connectivity index (χ3v) is 6.10. The summed E-state index contributed by atoms with van der Waals surface area (Å²) in [4.78, 5) is 9.75. The minimum absolute atomic E-state index is 0.356. The fourth-order valence-corrected chi connectivity index (χ4v) is 4.79. The highest BCUT2D eigenvalue weighted by molar-refractivity contribution is 5.41. The van der Waals surface area contributed by atoms with Gasteiger partial charge in [-0.25, -0.2) is 0 Å². The SMILES string of the molecule is CN(C)CCC1CC[C@H]2c3c(OC4CCNCC4)ccnc3CCN12. The normalized spacial score (nSPS) is 27.3. The molecule has 4 heterocycles. The fourth-order valence-electron chi connectivity index (χ4n) is 4.79. The molecule has 3 aliphatic rings. The van der Waals surface area contributed by atoms with Crippen molar-refractivity contribution in [3.05, 3.63) is 23.5 Å². The molecule has 0 radical (unpaired) electrons. The van der Waals surface area contributed by atoms with E-state index in [1.807, 2.05) is 6.20 Å². The van der Waals surface area contributed by atoms with Gasteiger partial charge in [-0.05, 0) is 71.9 Å². The molecule has 4 rings (SSSR count). The number of aromatic nitrogens is 1. The molecule has 25 heavy (non-hydrogen) atoms. The molecule has 0 aliphatic carbocycles. The van der Waals surface area contributed by atoms with Crippen LogP contribution in [0.3, 0.4) is 0 Å². The lowest BCUT2D eigenvalue weighted by Crippen LogP contribution is -2.39. The molecular weight excluding hydrogens is 312 g/mol. The molecule has 2 fully saturated rings. The molecule has 1 aromatic rings. The van der Waals surface area contributed by atoms with E-state index in [1.165, 1.54) is 37.1 Å². The number of rotatable bonds is 5. The monoisotopic (exact) mass is 344 g/mol. The topological polar surface area (TPSA) is 40.6 Å². The van der Waals surface area contributed by atoms with Gasteiger partial charge in [0, 0.05) is 36.8 Å². The van der Waals surface area contributed by atoms with Gasteiger partial charge in [0.1, 0.15) is 11.9 Å². The maximum atomic E-state index is 6.48. The van der Waals surface area contributed by atoms with Crippen LogP contribution in [0.25, 0.3) is 0 Å². The Kier molecular flexibility index (Phi) is 5.25. The highest BCUT2D eigenvalue weighted by Gasteiger charge is 2.40. The summed E-state index contributed by atoms with van der Waals surface area (Å²) < 4.78 is 6.48. The summed E-state index contributed by atoms with van der Waals surface area (Å²) in [6.45, 7) is 4.46. The average Bonchev–Trinajstić information content (AvgIpc) is 3.04. The lowest BCUT2D eigenvalue weighted by atomic mass is 9.96. The van der Waals surface area contributed by atoms with Gasteiger partial charge >= 0.3 is 0 Å². The zero-order valence-corrected chi connectivity index (χ0v) is 15.7. The average molecular weight is 345 g/mol. The molecule has 2 saturated heterocycles. The summed E-state index contributed by atoms with van der Waals surface area (Å²) in [5.74, 6) is 1.11. The van der Waals surface area contributed by atoms with Gasteiger partial charge in [-0.3, -0.25) is 9.88 Å². The fraction of sp³-hybridized carbons (Fsp3) is 0.750. The number of hydrogen-bond donors (Lipinski definition) is 1. The van der Waals surface area contributed by atoms with Crippen LogP contribution in [0.15, 0.2) is 12.3 Å². The molecule has 0 aromatic carbocycles. The van der Waals surface area contributed by atoms with E-state index in [-0.39, 0.29) is 0 Å². The van der Waals surface area contributed by atoms with Crippen LogP contribution in [0.2, 0.25) is 0 Å². The Morgan fingerprint density at radius 3 is 2.88 bits per heavy atom. The molecule has 1 N–H and O–H groups in total. The molecule has 2 atom stereocenters. The predicted octanol–water partition coefficient (Wildman–Crippen LogP) is 2.23. The quantitative estimate of drug-likeness (QED) is 0.887. The van der Waals surface area contributed by atoms with Crippen molar-refractivity contribution in [2.75, 3.05) is 40.3 Å². The van der Waals surface area contributed by atoms with Gasteiger partial charge in [-0.1, -0.05) is 0 Å². The van der Waals surface area contributed by atoms with Crippen molar-refractivity contribution in [2.45, 2.75) is 56.7 Å². The maximum absolute atomic E-state index is 6.48. The zero-order chi connectivity index (χ0) is 17.2. The van der Waals surface area contributed by atoms with Crippen molar-refractivity contribution < 1.29 is 4.74 Å². The first kappa shape index (κ1) is 17.3. The number of piperidine rings is 1. The third-order valence-electron chi connectivity index (χ3n) is 6.10. The van der Waals surface area contributed by atoms with Crippen LogP contribution in [0, 0.1) is 0 Å². The summed E-state index contributed by atoms with van der Waals surface area (Å²) in [5.41, 5.74) is 2.68. The highest BCUT2D eigenvalue weighted by Crippen LogP contribution is 2.45. The van der Waals surface area contributed by atoms with E-state index in [0.29, 0.717) is 18.2 Å². The van der Waals surface area contributed by atoms with Crippen LogP contribution >= 0.6 is 0 Å². The maximum Gasteiger partial charge on any atom is 0.127 e. The lowest BCUT2D eigenvalue weighted by molar-refractivity contribution is 0.140. The smallest absolute Gasteiger partial charge is 0.127 e. The molecule has 0 amide bonds. The van der Waals surface area contributed by atoms with E-state index in [9.17, 15) is 0 Å². The van der Waals surface area contributed by atoms with E-state index in [2.05, 4.69) is 35.3 Å². The Morgan fingerprint density at radius 1 is 1.24 bits per heavy atom. The van der Waals surface area contributed by atoms with Gasteiger partial charge < -0.3 is 15.0 Å². The second-order valence-corrected chi connectivity index (χ2v) is 8.06. The number of pyridine rings is 1. The minimum Gasteiger partial charge on any atom is -0.490 e. The first-order valence-electron chi connectivity index (χ1n) is 9.98. The molecule has 138 valence electrons. The van der Waals surface area contributed by atoms with E-state index in [0.717, 1.165) is 44.6 Å². The number of nitrogens with zero attached hydrogens (tertiary/aromatic N) is 3. The number of fused-ring (bicyclic) bond motifs is 3. The van der Waals surface area contributed by atoms with Crippen molar-refractivity contribution in [3.63, 3.8) is 0 Å². The van der Waals surface area contributed by atoms with Gasteiger partial charge in [0.25, 0.3) is 0 Å². The van der Waals surface area contributed by atoms with Crippen LogP contribution in [-0.4, -0.2) is 67.2 Å². The van der Waals surface area contributed by atoms with Crippen molar-refractivity contribution >= 4 is 0 Å². The number of nitrogens with one attached hydrogen (secondary N) is 1. The molecular formula is C20H32N4O. The Labute approximate surface area is 151 Å². The van der Waals surface area contributed by atoms with Gasteiger partial charge in [0.2, 0.25) is 0 Å². The Morgan fingerprint density at radius 2 is 2.08 bits per heavy atom. The summed E-state index contributed by atoms with van der Waals surface area (Å²) in [7, 11) is 4.35. The second kappa shape index (κ2) is 7.60. The van der Waals surface area contributed by atoms with E-state index in [1.54, 1.807) is 0 Å². The molecule has 1 aromatic heterocycles. The van der Waals surface area contributed by atoms with E-state index < -0.39 is 0 Å². The summed E-state index contributed by atoms with van der Waals surface area (Å²) in [6.07, 6.45) is 9.40. The molecule has 0 spiro atoms. The van der Waals surface area contributed by atoms with Crippen molar-refractivity contribution in [2.24, 2.45) is 0 Å². The van der Waals surface area contributed by atoms with Crippen LogP contribution in [0.4, 0.5) is 0 Å². The van der Waals surface area contributed by atoms with Crippen molar-refractivity contribution in [3.8, 4) is 5.75 Å². The number of ether oxygens (including phenoxy) is 1. The van der Waals surface area contributed by atoms with E-state index in [4.69, 9.17) is 9.72 Å². The summed E-state index contributed by atoms with van der Waals surface area (Å²) in [6, 6.07) is 3.34. The lowest BCUT2D eigenvalue weighted by Gasteiger charge is -2.37. The predicted molar refractivity (Wildman–Crippen MR) is 100 cm³/mol. The highest BCUT2D eigenvalue weighted by atomic mass is 16.5. The summed E-state index contributed by atoms with van der Waals surface area (Å²) in [5, 5.41) is 3.42. The minimum atomic E-state index is 0.356. The van der Waals surface area contributed by atoms with Gasteiger partial charge in [0.15, 0.2) is 0 Å². The van der Waals surface area contributed by atoms with Crippen LogP contribution in [-0.2, 0) is 6.42 Å². The second-order valence-electron chi connectivity index (χ2n) is 8.06.